The van der Waals surface area contributed by atoms with Crippen LogP contribution >= 0.6 is 23.3 Å². The van der Waals surface area contributed by atoms with Gasteiger partial charge in [-0.1, -0.05) is 18.3 Å². The molecule has 7 heteroatoms. The molecule has 21 heavy (non-hydrogen) atoms. The molecule has 1 amide bonds. The maximum atomic E-state index is 12.3. The standard InChI is InChI=1S/C14H18N4OS2/c1-3-7-20-9-5-6-10(15)12(8-9)16-14(19)13-11(4-2)17-18-21-13/h5-6,8H,3-4,7,15H2,1-2H3,(H,16,19). The van der Waals surface area contributed by atoms with E-state index in [0.29, 0.717) is 28.4 Å². The fourth-order valence-electron chi connectivity index (χ4n) is 1.74. The summed E-state index contributed by atoms with van der Waals surface area (Å²) in [5, 5.41) is 6.81. The van der Waals surface area contributed by atoms with E-state index >= 15 is 0 Å². The SMILES string of the molecule is CCCSc1ccc(N)c(NC(=O)c2snnc2CC)c1. The van der Waals surface area contributed by atoms with E-state index in [1.54, 1.807) is 11.8 Å². The molecule has 2 rings (SSSR count). The molecule has 0 saturated carbocycles. The van der Waals surface area contributed by atoms with Gasteiger partial charge in [0, 0.05) is 4.90 Å². The number of nitrogens with one attached hydrogen (secondary N) is 1. The van der Waals surface area contributed by atoms with Crippen LogP contribution in [0.4, 0.5) is 11.4 Å². The van der Waals surface area contributed by atoms with Crippen LogP contribution < -0.4 is 11.1 Å². The molecule has 0 unspecified atom stereocenters. The molecule has 0 atom stereocenters. The molecule has 5 nitrogen and oxygen atoms in total. The Morgan fingerprint density at radius 1 is 1.43 bits per heavy atom. The van der Waals surface area contributed by atoms with E-state index in [2.05, 4.69) is 21.8 Å². The van der Waals surface area contributed by atoms with Gasteiger partial charge < -0.3 is 11.1 Å². The summed E-state index contributed by atoms with van der Waals surface area (Å²) in [6.07, 6.45) is 1.78. The minimum Gasteiger partial charge on any atom is -0.397 e. The lowest BCUT2D eigenvalue weighted by molar-refractivity contribution is 0.102. The monoisotopic (exact) mass is 322 g/mol. The largest absolute Gasteiger partial charge is 0.397 e. The first-order valence-corrected chi connectivity index (χ1v) is 8.56. The lowest BCUT2D eigenvalue weighted by Crippen LogP contribution is -2.13. The van der Waals surface area contributed by atoms with Gasteiger partial charge in [0.25, 0.3) is 5.91 Å². The van der Waals surface area contributed by atoms with Gasteiger partial charge in [-0.05, 0) is 48.3 Å². The number of carbonyl (C=O) groups excluding carboxylic acids is 1. The molecule has 1 aromatic carbocycles. The van der Waals surface area contributed by atoms with Crippen LogP contribution in [-0.4, -0.2) is 21.2 Å². The summed E-state index contributed by atoms with van der Waals surface area (Å²) in [5.41, 5.74) is 7.84. The summed E-state index contributed by atoms with van der Waals surface area (Å²) < 4.78 is 3.83. The number of nitrogen functional groups attached to an aromatic ring is 1. The van der Waals surface area contributed by atoms with Crippen molar-refractivity contribution in [1.82, 2.24) is 9.59 Å². The van der Waals surface area contributed by atoms with Crippen molar-refractivity contribution in [2.24, 2.45) is 0 Å². The lowest BCUT2D eigenvalue weighted by atomic mass is 10.2. The summed E-state index contributed by atoms with van der Waals surface area (Å²) in [7, 11) is 0. The van der Waals surface area contributed by atoms with Crippen molar-refractivity contribution in [3.63, 3.8) is 0 Å². The number of hydrogen-bond donors (Lipinski definition) is 2. The van der Waals surface area contributed by atoms with E-state index < -0.39 is 0 Å². The molecule has 0 bridgehead atoms. The molecule has 0 radical (unpaired) electrons. The van der Waals surface area contributed by atoms with Gasteiger partial charge >= 0.3 is 0 Å². The van der Waals surface area contributed by atoms with E-state index in [1.165, 1.54) is 0 Å². The van der Waals surface area contributed by atoms with Crippen molar-refractivity contribution in [1.29, 1.82) is 0 Å². The van der Waals surface area contributed by atoms with Crippen LogP contribution in [-0.2, 0) is 6.42 Å². The topological polar surface area (TPSA) is 80.9 Å². The number of aryl methyl sites for hydroxylation is 1. The second-order valence-corrected chi connectivity index (χ2v) is 6.38. The first-order valence-electron chi connectivity index (χ1n) is 6.80. The van der Waals surface area contributed by atoms with E-state index in [0.717, 1.165) is 28.6 Å². The highest BCUT2D eigenvalue weighted by molar-refractivity contribution is 7.99. The van der Waals surface area contributed by atoms with Gasteiger partial charge in [-0.2, -0.15) is 0 Å². The molecule has 112 valence electrons. The van der Waals surface area contributed by atoms with Crippen LogP contribution in [0.3, 0.4) is 0 Å². The average molecular weight is 322 g/mol. The zero-order valence-corrected chi connectivity index (χ0v) is 13.7. The number of amides is 1. The molecule has 0 aliphatic heterocycles. The Morgan fingerprint density at radius 2 is 2.24 bits per heavy atom. The summed E-state index contributed by atoms with van der Waals surface area (Å²) in [6, 6.07) is 5.70. The Hall–Kier alpha value is -1.60. The van der Waals surface area contributed by atoms with Crippen molar-refractivity contribution < 1.29 is 4.79 Å². The van der Waals surface area contributed by atoms with Crippen molar-refractivity contribution in [3.05, 3.63) is 28.8 Å². The quantitative estimate of drug-likeness (QED) is 0.629. The molecule has 1 aromatic heterocycles. The Balaban J connectivity index is 2.16. The number of carbonyl (C=O) groups is 1. The van der Waals surface area contributed by atoms with Crippen LogP contribution in [0, 0.1) is 0 Å². The van der Waals surface area contributed by atoms with Crippen LogP contribution in [0.2, 0.25) is 0 Å². The number of nitrogens with two attached hydrogens (primary N) is 1. The van der Waals surface area contributed by atoms with Gasteiger partial charge in [0.1, 0.15) is 4.88 Å². The first kappa shape index (κ1) is 15.8. The van der Waals surface area contributed by atoms with E-state index in [9.17, 15) is 4.79 Å². The Morgan fingerprint density at radius 3 is 2.95 bits per heavy atom. The Bertz CT molecular complexity index is 627. The third-order valence-corrected chi connectivity index (χ3v) is 4.81. The summed E-state index contributed by atoms with van der Waals surface area (Å²) in [4.78, 5) is 13.9. The molecule has 0 aliphatic carbocycles. The van der Waals surface area contributed by atoms with Gasteiger partial charge in [-0.3, -0.25) is 4.79 Å². The van der Waals surface area contributed by atoms with Gasteiger partial charge in [-0.25, -0.2) is 0 Å². The van der Waals surface area contributed by atoms with Crippen molar-refractivity contribution >= 4 is 40.6 Å². The average Bonchev–Trinajstić information content (AvgIpc) is 2.96. The van der Waals surface area contributed by atoms with E-state index in [4.69, 9.17) is 5.73 Å². The zero-order chi connectivity index (χ0) is 15.2. The van der Waals surface area contributed by atoms with Gasteiger partial charge in [0.15, 0.2) is 0 Å². The Labute approximate surface area is 132 Å². The number of rotatable bonds is 6. The second-order valence-electron chi connectivity index (χ2n) is 4.45. The number of thioether (sulfide) groups is 1. The number of nitrogens with zero attached hydrogens (tertiary/aromatic N) is 2. The number of aromatic nitrogens is 2. The predicted octanol–water partition coefficient (Wildman–Crippen LogP) is 3.44. The van der Waals surface area contributed by atoms with E-state index in [1.807, 2.05) is 25.1 Å². The highest BCUT2D eigenvalue weighted by Gasteiger charge is 2.16. The first-order chi connectivity index (χ1) is 10.2. The molecule has 0 spiro atoms. The molecule has 0 saturated heterocycles. The van der Waals surface area contributed by atoms with Crippen LogP contribution in [0.1, 0.15) is 35.6 Å². The predicted molar refractivity (Wildman–Crippen MR) is 89.1 cm³/mol. The third kappa shape index (κ3) is 3.95. The second kappa shape index (κ2) is 7.42. The number of anilines is 2. The van der Waals surface area contributed by atoms with Crippen LogP contribution in [0.5, 0.6) is 0 Å². The lowest BCUT2D eigenvalue weighted by Gasteiger charge is -2.09. The van der Waals surface area contributed by atoms with Crippen molar-refractivity contribution in [2.45, 2.75) is 31.6 Å². The molecule has 3 N–H and O–H groups in total. The van der Waals surface area contributed by atoms with E-state index in [-0.39, 0.29) is 5.91 Å². The smallest absolute Gasteiger partial charge is 0.269 e. The Kier molecular flexibility index (Phi) is 5.58. The van der Waals surface area contributed by atoms with Crippen molar-refractivity contribution in [3.8, 4) is 0 Å². The van der Waals surface area contributed by atoms with Crippen LogP contribution in [0.15, 0.2) is 23.1 Å². The van der Waals surface area contributed by atoms with Crippen LogP contribution in [0.25, 0.3) is 0 Å². The van der Waals surface area contributed by atoms with Crippen molar-refractivity contribution in [2.75, 3.05) is 16.8 Å². The minimum atomic E-state index is -0.203. The summed E-state index contributed by atoms with van der Waals surface area (Å²) >= 11 is 2.85. The number of hydrogen-bond acceptors (Lipinski definition) is 6. The highest BCUT2D eigenvalue weighted by Crippen LogP contribution is 2.27. The molecule has 1 heterocycles. The maximum Gasteiger partial charge on any atom is 0.269 e. The molecule has 0 fully saturated rings. The molecule has 2 aromatic rings. The van der Waals surface area contributed by atoms with Gasteiger partial charge in [-0.15, -0.1) is 16.9 Å². The fourth-order valence-corrected chi connectivity index (χ4v) is 3.20. The summed E-state index contributed by atoms with van der Waals surface area (Å²) in [6.45, 7) is 4.08. The molecular weight excluding hydrogens is 304 g/mol. The normalized spacial score (nSPS) is 10.6. The third-order valence-electron chi connectivity index (χ3n) is 2.84. The van der Waals surface area contributed by atoms with Gasteiger partial charge in [0.05, 0.1) is 17.1 Å². The van der Waals surface area contributed by atoms with Gasteiger partial charge in [0.2, 0.25) is 0 Å². The number of benzene rings is 1. The fraction of sp³-hybridized carbons (Fsp3) is 0.357. The zero-order valence-electron chi connectivity index (χ0n) is 12.0. The summed E-state index contributed by atoms with van der Waals surface area (Å²) in [5.74, 6) is 0.835. The molecule has 0 aliphatic rings. The molecular formula is C14H18N4OS2. The maximum absolute atomic E-state index is 12.3. The highest BCUT2D eigenvalue weighted by atomic mass is 32.2. The minimum absolute atomic E-state index is 0.203.